The van der Waals surface area contributed by atoms with Crippen molar-refractivity contribution in [1.82, 2.24) is 25.4 Å². The number of rotatable bonds is 7. The van der Waals surface area contributed by atoms with Crippen LogP contribution in [0, 0.1) is 20.8 Å². The van der Waals surface area contributed by atoms with Gasteiger partial charge in [0.2, 0.25) is 0 Å². The highest BCUT2D eigenvalue weighted by molar-refractivity contribution is 7.09. The zero-order chi connectivity index (χ0) is 19.9. The number of aromatic nitrogens is 3. The van der Waals surface area contributed by atoms with Crippen molar-refractivity contribution in [3.63, 3.8) is 0 Å². The summed E-state index contributed by atoms with van der Waals surface area (Å²) in [6.07, 6.45) is 0.887. The number of hydrogen-bond donors (Lipinski definition) is 2. The van der Waals surface area contributed by atoms with Crippen molar-refractivity contribution in [2.75, 3.05) is 13.6 Å². The second kappa shape index (κ2) is 9.50. The summed E-state index contributed by atoms with van der Waals surface area (Å²) < 4.78 is 2.07. The second-order valence-corrected chi connectivity index (χ2v) is 7.82. The van der Waals surface area contributed by atoms with Gasteiger partial charge in [0, 0.05) is 43.2 Å². The highest BCUT2D eigenvalue weighted by Gasteiger charge is 2.12. The van der Waals surface area contributed by atoms with Gasteiger partial charge in [0.05, 0.1) is 22.9 Å². The SMILES string of the molecule is CN=C(NCCc1csc(C)n1)NCc1c(C)nn(Cc2ccccc2)c1C. The standard InChI is InChI=1S/C21H28N6S/c1-15-20(16(2)27(26-15)13-18-8-6-5-7-9-18)12-24-21(22-4)23-11-10-19-14-28-17(3)25-19/h5-9,14H,10-13H2,1-4H3,(H2,22,23,24). The minimum absolute atomic E-state index is 0.696. The third-order valence-electron chi connectivity index (χ3n) is 4.70. The number of aliphatic imine (C=N–C) groups is 1. The highest BCUT2D eigenvalue weighted by Crippen LogP contribution is 2.14. The van der Waals surface area contributed by atoms with Crippen molar-refractivity contribution < 1.29 is 0 Å². The van der Waals surface area contributed by atoms with Crippen LogP contribution < -0.4 is 10.6 Å². The minimum Gasteiger partial charge on any atom is -0.356 e. The molecular formula is C21H28N6S. The summed E-state index contributed by atoms with van der Waals surface area (Å²) in [6, 6.07) is 10.4. The molecule has 0 aliphatic rings. The lowest BCUT2D eigenvalue weighted by Gasteiger charge is -2.12. The summed E-state index contributed by atoms with van der Waals surface area (Å²) in [6.45, 7) is 8.50. The monoisotopic (exact) mass is 396 g/mol. The van der Waals surface area contributed by atoms with E-state index in [9.17, 15) is 0 Å². The van der Waals surface area contributed by atoms with Crippen LogP contribution in [0.15, 0.2) is 40.7 Å². The van der Waals surface area contributed by atoms with Crippen molar-refractivity contribution in [3.8, 4) is 0 Å². The second-order valence-electron chi connectivity index (χ2n) is 6.75. The Morgan fingerprint density at radius 2 is 1.93 bits per heavy atom. The van der Waals surface area contributed by atoms with Gasteiger partial charge in [-0.3, -0.25) is 9.67 Å². The molecule has 0 atom stereocenters. The first-order valence-corrected chi connectivity index (χ1v) is 10.4. The molecule has 1 aromatic carbocycles. The summed E-state index contributed by atoms with van der Waals surface area (Å²) in [5.74, 6) is 0.793. The van der Waals surface area contributed by atoms with E-state index in [1.165, 1.54) is 16.8 Å². The first kappa shape index (κ1) is 20.1. The molecule has 2 aromatic heterocycles. The molecule has 0 aliphatic heterocycles. The molecule has 2 heterocycles. The maximum Gasteiger partial charge on any atom is 0.191 e. The third kappa shape index (κ3) is 5.19. The topological polar surface area (TPSA) is 67.1 Å². The Labute approximate surface area is 170 Å². The quantitative estimate of drug-likeness (QED) is 0.475. The summed E-state index contributed by atoms with van der Waals surface area (Å²) >= 11 is 1.69. The lowest BCUT2D eigenvalue weighted by Crippen LogP contribution is -2.38. The molecule has 0 amide bonds. The number of guanidine groups is 1. The fraction of sp³-hybridized carbons (Fsp3) is 0.381. The lowest BCUT2D eigenvalue weighted by atomic mass is 10.2. The molecule has 6 nitrogen and oxygen atoms in total. The predicted molar refractivity (Wildman–Crippen MR) is 116 cm³/mol. The first-order valence-electron chi connectivity index (χ1n) is 9.49. The number of nitrogens with zero attached hydrogens (tertiary/aromatic N) is 4. The molecule has 0 radical (unpaired) electrons. The number of nitrogens with one attached hydrogen (secondary N) is 2. The molecule has 3 aromatic rings. The van der Waals surface area contributed by atoms with E-state index in [-0.39, 0.29) is 0 Å². The third-order valence-corrected chi connectivity index (χ3v) is 5.53. The summed E-state index contributed by atoms with van der Waals surface area (Å²) in [7, 11) is 1.79. The Morgan fingerprint density at radius 3 is 2.61 bits per heavy atom. The van der Waals surface area contributed by atoms with E-state index in [0.717, 1.165) is 41.9 Å². The van der Waals surface area contributed by atoms with Gasteiger partial charge in [-0.25, -0.2) is 4.98 Å². The van der Waals surface area contributed by atoms with Crippen LogP contribution in [-0.2, 0) is 19.5 Å². The maximum absolute atomic E-state index is 4.72. The molecule has 0 aliphatic carbocycles. The van der Waals surface area contributed by atoms with E-state index in [1.807, 2.05) is 13.0 Å². The Bertz CT molecular complexity index is 926. The molecule has 0 spiro atoms. The molecule has 0 saturated heterocycles. The molecule has 0 unspecified atom stereocenters. The average molecular weight is 397 g/mol. The summed E-state index contributed by atoms with van der Waals surface area (Å²) in [5, 5.41) is 14.7. The van der Waals surface area contributed by atoms with Gasteiger partial charge in [0.25, 0.3) is 0 Å². The largest absolute Gasteiger partial charge is 0.356 e. The van der Waals surface area contributed by atoms with Crippen LogP contribution >= 0.6 is 11.3 Å². The van der Waals surface area contributed by atoms with Crippen LogP contribution in [0.5, 0.6) is 0 Å². The smallest absolute Gasteiger partial charge is 0.191 e. The number of benzene rings is 1. The zero-order valence-corrected chi connectivity index (χ0v) is 17.8. The number of thiazole rings is 1. The molecule has 7 heteroatoms. The van der Waals surface area contributed by atoms with Gasteiger partial charge in [-0.2, -0.15) is 5.10 Å². The van der Waals surface area contributed by atoms with Crippen molar-refractivity contribution in [2.24, 2.45) is 4.99 Å². The molecule has 0 saturated carbocycles. The van der Waals surface area contributed by atoms with Crippen molar-refractivity contribution in [3.05, 3.63) is 68.9 Å². The molecule has 0 bridgehead atoms. The fourth-order valence-electron chi connectivity index (χ4n) is 3.12. The van der Waals surface area contributed by atoms with Crippen molar-refractivity contribution in [2.45, 2.75) is 40.3 Å². The Morgan fingerprint density at radius 1 is 1.14 bits per heavy atom. The summed E-state index contributed by atoms with van der Waals surface area (Å²) in [5.41, 5.74) is 5.83. The Kier molecular flexibility index (Phi) is 6.81. The van der Waals surface area contributed by atoms with Gasteiger partial charge >= 0.3 is 0 Å². The van der Waals surface area contributed by atoms with Crippen molar-refractivity contribution >= 4 is 17.3 Å². The fourth-order valence-corrected chi connectivity index (χ4v) is 3.77. The van der Waals surface area contributed by atoms with Crippen LogP contribution in [0.1, 0.15) is 33.2 Å². The maximum atomic E-state index is 4.72. The zero-order valence-electron chi connectivity index (χ0n) is 17.0. The molecular weight excluding hydrogens is 368 g/mol. The van der Waals surface area contributed by atoms with Gasteiger partial charge in [-0.15, -0.1) is 11.3 Å². The van der Waals surface area contributed by atoms with E-state index in [1.54, 1.807) is 18.4 Å². The van der Waals surface area contributed by atoms with Crippen LogP contribution in [0.3, 0.4) is 0 Å². The van der Waals surface area contributed by atoms with Gasteiger partial charge < -0.3 is 10.6 Å². The highest BCUT2D eigenvalue weighted by atomic mass is 32.1. The molecule has 2 N–H and O–H groups in total. The van der Waals surface area contributed by atoms with Gasteiger partial charge in [0.1, 0.15) is 0 Å². The van der Waals surface area contributed by atoms with Crippen LogP contribution in [-0.4, -0.2) is 34.3 Å². The van der Waals surface area contributed by atoms with E-state index in [2.05, 4.69) is 68.8 Å². The predicted octanol–water partition coefficient (Wildman–Crippen LogP) is 3.22. The Hall–Kier alpha value is -2.67. The van der Waals surface area contributed by atoms with Crippen LogP contribution in [0.25, 0.3) is 0 Å². The normalized spacial score (nSPS) is 11.6. The van der Waals surface area contributed by atoms with E-state index in [4.69, 9.17) is 5.10 Å². The summed E-state index contributed by atoms with van der Waals surface area (Å²) in [4.78, 5) is 8.82. The average Bonchev–Trinajstić information content (AvgIpc) is 3.22. The van der Waals surface area contributed by atoms with Crippen LogP contribution in [0.4, 0.5) is 0 Å². The molecule has 0 fully saturated rings. The lowest BCUT2D eigenvalue weighted by molar-refractivity contribution is 0.657. The molecule has 3 rings (SSSR count). The minimum atomic E-state index is 0.696. The van der Waals surface area contributed by atoms with Crippen LogP contribution in [0.2, 0.25) is 0 Å². The first-order chi connectivity index (χ1) is 13.6. The van der Waals surface area contributed by atoms with E-state index >= 15 is 0 Å². The van der Waals surface area contributed by atoms with E-state index in [0.29, 0.717) is 6.54 Å². The Balaban J connectivity index is 1.55. The van der Waals surface area contributed by atoms with Gasteiger partial charge in [-0.05, 0) is 26.3 Å². The molecule has 148 valence electrons. The van der Waals surface area contributed by atoms with Gasteiger partial charge in [-0.1, -0.05) is 30.3 Å². The van der Waals surface area contributed by atoms with Crippen molar-refractivity contribution in [1.29, 1.82) is 0 Å². The number of aryl methyl sites for hydroxylation is 2. The number of hydrogen-bond acceptors (Lipinski definition) is 4. The molecule has 28 heavy (non-hydrogen) atoms. The van der Waals surface area contributed by atoms with E-state index < -0.39 is 0 Å². The van der Waals surface area contributed by atoms with Gasteiger partial charge in [0.15, 0.2) is 5.96 Å².